The molecule has 204 valence electrons. The maximum atomic E-state index is 15.4. The van der Waals surface area contributed by atoms with Gasteiger partial charge in [-0.25, -0.2) is 4.39 Å². The Kier molecular flexibility index (Phi) is 7.91. The van der Waals surface area contributed by atoms with Gasteiger partial charge in [-0.2, -0.15) is 0 Å². The molecule has 6 nitrogen and oxygen atoms in total. The Morgan fingerprint density at radius 3 is 1.95 bits per heavy atom. The summed E-state index contributed by atoms with van der Waals surface area (Å²) in [4.78, 5) is 37.9. The van der Waals surface area contributed by atoms with E-state index in [4.69, 9.17) is 4.43 Å². The minimum Gasteiger partial charge on any atom is -0.400 e. The van der Waals surface area contributed by atoms with E-state index in [1.165, 1.54) is 19.9 Å². The Balaban J connectivity index is 2.02. The van der Waals surface area contributed by atoms with Gasteiger partial charge in [-0.15, -0.1) is 0 Å². The largest absolute Gasteiger partial charge is 0.400 e. The molecule has 2 atom stereocenters. The number of carbonyl (C=O) groups is 3. The summed E-state index contributed by atoms with van der Waals surface area (Å²) >= 11 is 0. The van der Waals surface area contributed by atoms with Gasteiger partial charge in [-0.05, 0) is 39.5 Å². The predicted molar refractivity (Wildman–Crippen MR) is 153 cm³/mol. The number of hydrogen-bond donors (Lipinski definition) is 2. The lowest BCUT2D eigenvalue weighted by atomic mass is 9.81. The molecule has 2 unspecified atom stereocenters. The quantitative estimate of drug-likeness (QED) is 0.435. The number of nitrogens with one attached hydrogen (secondary N) is 2. The van der Waals surface area contributed by atoms with E-state index in [1.54, 1.807) is 6.92 Å². The van der Waals surface area contributed by atoms with E-state index in [0.29, 0.717) is 5.56 Å². The topological polar surface area (TPSA) is 84.5 Å². The molecule has 0 saturated carbocycles. The highest BCUT2D eigenvalue weighted by molar-refractivity contribution is 6.99. The third-order valence-corrected chi connectivity index (χ3v) is 12.4. The fourth-order valence-corrected chi connectivity index (χ4v) is 10.4. The van der Waals surface area contributed by atoms with Crippen molar-refractivity contribution in [1.29, 1.82) is 0 Å². The van der Waals surface area contributed by atoms with Crippen molar-refractivity contribution in [1.82, 2.24) is 5.32 Å². The van der Waals surface area contributed by atoms with Gasteiger partial charge < -0.3 is 15.1 Å². The van der Waals surface area contributed by atoms with Crippen LogP contribution in [-0.4, -0.2) is 32.0 Å². The zero-order valence-electron chi connectivity index (χ0n) is 23.2. The molecule has 39 heavy (non-hydrogen) atoms. The van der Waals surface area contributed by atoms with Crippen LogP contribution in [0.25, 0.3) is 0 Å². The number of amides is 2. The normalized spacial score (nSPS) is 17.4. The van der Waals surface area contributed by atoms with Gasteiger partial charge in [0.25, 0.3) is 8.32 Å². The lowest BCUT2D eigenvalue weighted by Gasteiger charge is -2.47. The molecular formula is C31H35FN2O4Si. The number of rotatable bonds is 6. The van der Waals surface area contributed by atoms with E-state index in [-0.39, 0.29) is 40.0 Å². The molecule has 4 rings (SSSR count). The molecule has 0 aliphatic heterocycles. The summed E-state index contributed by atoms with van der Waals surface area (Å²) in [6.07, 6.45) is -0.594. The van der Waals surface area contributed by atoms with Gasteiger partial charge in [0.15, 0.2) is 5.78 Å². The molecule has 0 radical (unpaired) electrons. The lowest BCUT2D eigenvalue weighted by molar-refractivity contribution is -0.119. The Morgan fingerprint density at radius 2 is 1.49 bits per heavy atom. The Hall–Kier alpha value is -3.62. The average molecular weight is 547 g/mol. The Morgan fingerprint density at radius 1 is 0.949 bits per heavy atom. The average Bonchev–Trinajstić information content (AvgIpc) is 2.87. The van der Waals surface area contributed by atoms with Crippen LogP contribution >= 0.6 is 0 Å². The van der Waals surface area contributed by atoms with Crippen LogP contribution in [0.2, 0.25) is 5.04 Å². The van der Waals surface area contributed by atoms with Crippen molar-refractivity contribution in [3.63, 3.8) is 0 Å². The highest BCUT2D eigenvalue weighted by Gasteiger charge is 2.53. The summed E-state index contributed by atoms with van der Waals surface area (Å²) < 4.78 is 22.7. The number of benzene rings is 3. The van der Waals surface area contributed by atoms with Crippen LogP contribution in [0.4, 0.5) is 10.1 Å². The van der Waals surface area contributed by atoms with Crippen LogP contribution in [0.3, 0.4) is 0 Å². The van der Waals surface area contributed by atoms with Crippen LogP contribution < -0.4 is 21.0 Å². The summed E-state index contributed by atoms with van der Waals surface area (Å²) in [6.45, 7) is 10.7. The first-order valence-corrected chi connectivity index (χ1v) is 15.0. The fraction of sp³-hybridized carbons (Fsp3) is 0.323. The third-order valence-electron chi connectivity index (χ3n) is 7.33. The minimum absolute atomic E-state index is 0.0803. The molecule has 8 heteroatoms. The zero-order chi connectivity index (χ0) is 28.5. The molecule has 1 aliphatic carbocycles. The smallest absolute Gasteiger partial charge is 0.261 e. The van der Waals surface area contributed by atoms with Crippen molar-refractivity contribution in [2.24, 2.45) is 0 Å². The van der Waals surface area contributed by atoms with Gasteiger partial charge in [-0.1, -0.05) is 81.4 Å². The highest BCUT2D eigenvalue weighted by atomic mass is 28.4. The van der Waals surface area contributed by atoms with Gasteiger partial charge in [0.05, 0.1) is 17.8 Å². The van der Waals surface area contributed by atoms with Crippen molar-refractivity contribution < 1.29 is 23.2 Å². The SMILES string of the molecule is CC(=O)Nc1cc(F)c(C)c2c1C(=O)C(NC(C)=O)CC2O[Si](c1ccccc1)(c1ccccc1)C(C)(C)C. The van der Waals surface area contributed by atoms with Gasteiger partial charge in [-0.3, -0.25) is 14.4 Å². The van der Waals surface area contributed by atoms with Crippen molar-refractivity contribution in [3.8, 4) is 0 Å². The molecule has 1 aliphatic rings. The van der Waals surface area contributed by atoms with Crippen LogP contribution in [-0.2, 0) is 14.0 Å². The molecule has 3 aromatic carbocycles. The van der Waals surface area contributed by atoms with E-state index in [0.717, 1.165) is 10.4 Å². The lowest BCUT2D eigenvalue weighted by Crippen LogP contribution is -2.67. The van der Waals surface area contributed by atoms with Crippen LogP contribution in [0.1, 0.15) is 68.6 Å². The van der Waals surface area contributed by atoms with Gasteiger partial charge in [0.2, 0.25) is 11.8 Å². The molecular weight excluding hydrogens is 511 g/mol. The second kappa shape index (κ2) is 10.9. The molecule has 0 saturated heterocycles. The number of Topliss-reactive ketones (excluding diaryl/α,β-unsaturated/α-hetero) is 1. The molecule has 3 aromatic rings. The van der Waals surface area contributed by atoms with Crippen molar-refractivity contribution in [2.75, 3.05) is 5.32 Å². The van der Waals surface area contributed by atoms with E-state index in [2.05, 4.69) is 55.7 Å². The summed E-state index contributed by atoms with van der Waals surface area (Å²) in [5, 5.41) is 7.09. The van der Waals surface area contributed by atoms with Crippen molar-refractivity contribution in [3.05, 3.63) is 89.2 Å². The van der Waals surface area contributed by atoms with Crippen LogP contribution in [0.15, 0.2) is 66.7 Å². The van der Waals surface area contributed by atoms with E-state index in [9.17, 15) is 14.4 Å². The number of halogens is 1. The van der Waals surface area contributed by atoms with Crippen molar-refractivity contribution >= 4 is 42.0 Å². The van der Waals surface area contributed by atoms with Gasteiger partial charge in [0, 0.05) is 25.8 Å². The molecule has 0 fully saturated rings. The molecule has 2 N–H and O–H groups in total. The van der Waals surface area contributed by atoms with E-state index < -0.39 is 32.2 Å². The molecule has 0 heterocycles. The van der Waals surface area contributed by atoms with Gasteiger partial charge >= 0.3 is 0 Å². The fourth-order valence-electron chi connectivity index (χ4n) is 5.72. The molecule has 0 aromatic heterocycles. The monoisotopic (exact) mass is 546 g/mol. The van der Waals surface area contributed by atoms with Crippen molar-refractivity contribution in [2.45, 2.75) is 65.1 Å². The third kappa shape index (κ3) is 5.31. The molecule has 2 amide bonds. The summed E-state index contributed by atoms with van der Waals surface area (Å²) in [7, 11) is -3.12. The first-order chi connectivity index (χ1) is 18.4. The first kappa shape index (κ1) is 28.4. The maximum Gasteiger partial charge on any atom is 0.261 e. The summed E-state index contributed by atoms with van der Waals surface area (Å²) in [6, 6.07) is 20.4. The zero-order valence-corrected chi connectivity index (χ0v) is 24.2. The molecule has 0 bridgehead atoms. The van der Waals surface area contributed by atoms with E-state index >= 15 is 4.39 Å². The molecule has 0 spiro atoms. The standard InChI is InChI=1S/C31H35FN2O4Si/c1-19-24(32)17-25(33-20(2)35)29-28(19)27(18-26(30(29)37)34-21(3)36)38-39(31(4,5)6,22-13-9-7-10-14-22)23-15-11-8-12-16-23/h7-17,26-27H,18H2,1-6H3,(H,33,35)(H,34,36). The summed E-state index contributed by atoms with van der Waals surface area (Å²) in [5.74, 6) is -1.71. The Bertz CT molecular complexity index is 1360. The van der Waals surface area contributed by atoms with Crippen LogP contribution in [0, 0.1) is 12.7 Å². The number of ketones is 1. The minimum atomic E-state index is -3.12. The number of fused-ring (bicyclic) bond motifs is 1. The van der Waals surface area contributed by atoms with Crippen LogP contribution in [0.5, 0.6) is 0 Å². The highest BCUT2D eigenvalue weighted by Crippen LogP contribution is 2.45. The predicted octanol–water partition coefficient (Wildman–Crippen LogP) is 4.80. The number of anilines is 1. The number of carbonyl (C=O) groups excluding carboxylic acids is 3. The second-order valence-electron chi connectivity index (χ2n) is 11.1. The first-order valence-electron chi connectivity index (χ1n) is 13.1. The maximum absolute atomic E-state index is 15.4. The Labute approximate surface area is 230 Å². The summed E-state index contributed by atoms with van der Waals surface area (Å²) in [5.41, 5.74) is 0.962. The second-order valence-corrected chi connectivity index (χ2v) is 15.4. The number of hydrogen-bond acceptors (Lipinski definition) is 4. The van der Waals surface area contributed by atoms with E-state index in [1.807, 2.05) is 36.4 Å². The van der Waals surface area contributed by atoms with Gasteiger partial charge in [0.1, 0.15) is 5.82 Å².